The Bertz CT molecular complexity index is 918. The summed E-state index contributed by atoms with van der Waals surface area (Å²) in [6.45, 7) is 4.80. The quantitative estimate of drug-likeness (QED) is 0.641. The van der Waals surface area contributed by atoms with Gasteiger partial charge in [-0.25, -0.2) is 15.0 Å². The lowest BCUT2D eigenvalue weighted by atomic mass is 9.73. The number of nitriles is 1. The van der Waals surface area contributed by atoms with Crippen LogP contribution >= 0.6 is 0 Å². The third kappa shape index (κ3) is 4.85. The number of rotatable bonds is 7. The number of aliphatic hydroxyl groups is 1. The number of aliphatic hydroxyl groups excluding tert-OH is 1. The summed E-state index contributed by atoms with van der Waals surface area (Å²) < 4.78 is 0. The molecule has 0 radical (unpaired) electrons. The molecule has 0 aromatic carbocycles. The summed E-state index contributed by atoms with van der Waals surface area (Å²) in [5, 5.41) is 26.2. The van der Waals surface area contributed by atoms with Gasteiger partial charge in [0.05, 0.1) is 12.3 Å². The molecule has 30 heavy (non-hydrogen) atoms. The standard InChI is InChI=1S/C22H29N7O/c1-22(2)9-17(5-6-18(22)30)28-20-16(10-23)13-27-21(29-20)24-8-7-14-11-25-19(26-12-14)15-3-4-15/h11-13,15,17-18,30H,3-9H2,1-2H3,(H2,24,27,28,29)/t17-,18+/m1/s1. The van der Waals surface area contributed by atoms with Crippen LogP contribution in [0.2, 0.25) is 0 Å². The number of nitrogens with one attached hydrogen (secondary N) is 2. The fourth-order valence-electron chi connectivity index (χ4n) is 3.96. The van der Waals surface area contributed by atoms with Gasteiger partial charge in [-0.15, -0.1) is 0 Å². The molecule has 2 aliphatic rings. The van der Waals surface area contributed by atoms with Gasteiger partial charge >= 0.3 is 0 Å². The normalized spacial score (nSPS) is 22.9. The highest BCUT2D eigenvalue weighted by atomic mass is 16.3. The summed E-state index contributed by atoms with van der Waals surface area (Å²) in [6.07, 6.45) is 10.6. The Labute approximate surface area is 177 Å². The average molecular weight is 408 g/mol. The molecule has 2 aromatic heterocycles. The molecule has 2 fully saturated rings. The van der Waals surface area contributed by atoms with Crippen molar-refractivity contribution in [2.75, 3.05) is 17.2 Å². The van der Waals surface area contributed by atoms with E-state index in [0.717, 1.165) is 37.1 Å². The Morgan fingerprint density at radius 1 is 1.13 bits per heavy atom. The van der Waals surface area contributed by atoms with Gasteiger partial charge in [-0.05, 0) is 49.5 Å². The zero-order valence-corrected chi connectivity index (χ0v) is 17.6. The van der Waals surface area contributed by atoms with Crippen LogP contribution in [-0.4, -0.2) is 43.7 Å². The van der Waals surface area contributed by atoms with E-state index in [4.69, 9.17) is 0 Å². The molecule has 4 rings (SSSR count). The molecule has 8 nitrogen and oxygen atoms in total. The van der Waals surface area contributed by atoms with Crippen LogP contribution in [0.5, 0.6) is 0 Å². The predicted octanol–water partition coefficient (Wildman–Crippen LogP) is 3.02. The smallest absolute Gasteiger partial charge is 0.224 e. The van der Waals surface area contributed by atoms with Crippen molar-refractivity contribution in [2.24, 2.45) is 5.41 Å². The number of anilines is 2. The lowest BCUT2D eigenvalue weighted by Crippen LogP contribution is -2.41. The van der Waals surface area contributed by atoms with E-state index in [9.17, 15) is 10.4 Å². The highest BCUT2D eigenvalue weighted by molar-refractivity contribution is 5.54. The first-order chi connectivity index (χ1) is 14.4. The van der Waals surface area contributed by atoms with Crippen molar-refractivity contribution >= 4 is 11.8 Å². The first-order valence-corrected chi connectivity index (χ1v) is 10.7. The average Bonchev–Trinajstić information content (AvgIpc) is 3.57. The van der Waals surface area contributed by atoms with Gasteiger partial charge in [-0.1, -0.05) is 13.8 Å². The highest BCUT2D eigenvalue weighted by Gasteiger charge is 2.36. The second-order valence-electron chi connectivity index (χ2n) is 9.10. The monoisotopic (exact) mass is 407 g/mol. The van der Waals surface area contributed by atoms with Crippen molar-refractivity contribution in [1.82, 2.24) is 19.9 Å². The van der Waals surface area contributed by atoms with Gasteiger partial charge in [0.25, 0.3) is 0 Å². The molecule has 0 bridgehead atoms. The first-order valence-electron chi connectivity index (χ1n) is 10.7. The zero-order chi connectivity index (χ0) is 21.1. The third-order valence-electron chi connectivity index (χ3n) is 6.08. The summed E-state index contributed by atoms with van der Waals surface area (Å²) in [5.41, 5.74) is 1.34. The summed E-state index contributed by atoms with van der Waals surface area (Å²) in [4.78, 5) is 17.7. The van der Waals surface area contributed by atoms with Crippen molar-refractivity contribution in [3.63, 3.8) is 0 Å². The third-order valence-corrected chi connectivity index (χ3v) is 6.08. The van der Waals surface area contributed by atoms with Gasteiger partial charge in [0.15, 0.2) is 0 Å². The molecule has 0 unspecified atom stereocenters. The van der Waals surface area contributed by atoms with Crippen LogP contribution in [0, 0.1) is 16.7 Å². The molecular formula is C22H29N7O. The minimum Gasteiger partial charge on any atom is -0.393 e. The second kappa shape index (κ2) is 8.52. The maximum absolute atomic E-state index is 10.2. The molecule has 2 aromatic rings. The summed E-state index contributed by atoms with van der Waals surface area (Å²) in [7, 11) is 0. The van der Waals surface area contributed by atoms with Crippen LogP contribution in [-0.2, 0) is 6.42 Å². The van der Waals surface area contributed by atoms with Crippen LogP contribution < -0.4 is 10.6 Å². The van der Waals surface area contributed by atoms with Gasteiger partial charge in [-0.3, -0.25) is 0 Å². The van der Waals surface area contributed by atoms with E-state index in [2.05, 4.69) is 50.5 Å². The SMILES string of the molecule is CC1(C)C[C@H](Nc2nc(NCCc3cnc(C4CC4)nc3)ncc2C#N)CC[C@@H]1O. The van der Waals surface area contributed by atoms with E-state index in [1.54, 1.807) is 6.20 Å². The Hall–Kier alpha value is -2.79. The molecule has 3 N–H and O–H groups in total. The Balaban J connectivity index is 1.35. The van der Waals surface area contributed by atoms with E-state index in [-0.39, 0.29) is 17.6 Å². The molecule has 2 heterocycles. The van der Waals surface area contributed by atoms with E-state index in [1.165, 1.54) is 12.8 Å². The largest absolute Gasteiger partial charge is 0.393 e. The van der Waals surface area contributed by atoms with Crippen molar-refractivity contribution < 1.29 is 5.11 Å². The van der Waals surface area contributed by atoms with Crippen molar-refractivity contribution in [3.05, 3.63) is 35.5 Å². The van der Waals surface area contributed by atoms with Gasteiger partial charge in [0.2, 0.25) is 5.95 Å². The van der Waals surface area contributed by atoms with Gasteiger partial charge in [-0.2, -0.15) is 10.2 Å². The lowest BCUT2D eigenvalue weighted by molar-refractivity contribution is 0.00926. The van der Waals surface area contributed by atoms with Crippen LogP contribution in [0.1, 0.15) is 68.8 Å². The minimum absolute atomic E-state index is 0.159. The Morgan fingerprint density at radius 3 is 2.57 bits per heavy atom. The maximum Gasteiger partial charge on any atom is 0.224 e. The van der Waals surface area contributed by atoms with Crippen molar-refractivity contribution in [1.29, 1.82) is 5.26 Å². The number of hydrogen-bond acceptors (Lipinski definition) is 8. The molecular weight excluding hydrogens is 378 g/mol. The molecule has 8 heteroatoms. The minimum atomic E-state index is -0.295. The molecule has 0 amide bonds. The number of nitrogens with zero attached hydrogens (tertiary/aromatic N) is 5. The molecule has 0 aliphatic heterocycles. The van der Waals surface area contributed by atoms with E-state index >= 15 is 0 Å². The Morgan fingerprint density at radius 2 is 1.90 bits per heavy atom. The van der Waals surface area contributed by atoms with Crippen LogP contribution in [0.3, 0.4) is 0 Å². The van der Waals surface area contributed by atoms with Crippen molar-refractivity contribution in [3.8, 4) is 6.07 Å². The summed E-state index contributed by atoms with van der Waals surface area (Å²) >= 11 is 0. The fourth-order valence-corrected chi connectivity index (χ4v) is 3.96. The molecule has 0 spiro atoms. The lowest BCUT2D eigenvalue weighted by Gasteiger charge is -2.40. The fraction of sp³-hybridized carbons (Fsp3) is 0.591. The number of hydrogen-bond donors (Lipinski definition) is 3. The number of aromatic nitrogens is 4. The van der Waals surface area contributed by atoms with Crippen molar-refractivity contribution in [2.45, 2.75) is 70.4 Å². The Kier molecular flexibility index (Phi) is 5.82. The zero-order valence-electron chi connectivity index (χ0n) is 17.6. The van der Waals surface area contributed by atoms with E-state index in [0.29, 0.717) is 29.8 Å². The van der Waals surface area contributed by atoms with E-state index < -0.39 is 0 Å². The van der Waals surface area contributed by atoms with Gasteiger partial charge in [0, 0.05) is 30.9 Å². The van der Waals surface area contributed by atoms with Gasteiger partial charge < -0.3 is 15.7 Å². The molecule has 158 valence electrons. The maximum atomic E-state index is 10.2. The first kappa shape index (κ1) is 20.5. The topological polar surface area (TPSA) is 120 Å². The molecule has 2 atom stereocenters. The van der Waals surface area contributed by atoms with Crippen LogP contribution in [0.15, 0.2) is 18.6 Å². The van der Waals surface area contributed by atoms with Crippen LogP contribution in [0.4, 0.5) is 11.8 Å². The molecule has 2 aliphatic carbocycles. The molecule has 2 saturated carbocycles. The highest BCUT2D eigenvalue weighted by Crippen LogP contribution is 2.38. The predicted molar refractivity (Wildman–Crippen MR) is 114 cm³/mol. The van der Waals surface area contributed by atoms with Crippen LogP contribution in [0.25, 0.3) is 0 Å². The van der Waals surface area contributed by atoms with Gasteiger partial charge in [0.1, 0.15) is 23.3 Å². The summed E-state index contributed by atoms with van der Waals surface area (Å²) in [6, 6.07) is 2.33. The molecule has 0 saturated heterocycles. The summed E-state index contributed by atoms with van der Waals surface area (Å²) in [5.74, 6) is 2.55. The van der Waals surface area contributed by atoms with E-state index in [1.807, 2.05) is 12.4 Å². The second-order valence-corrected chi connectivity index (χ2v) is 9.10.